The molecule has 0 atom stereocenters. The average molecular weight is 507 g/mol. The van der Waals surface area contributed by atoms with Gasteiger partial charge in [-0.25, -0.2) is 18.2 Å². The lowest BCUT2D eigenvalue weighted by Gasteiger charge is -2.16. The van der Waals surface area contributed by atoms with Crippen molar-refractivity contribution in [1.29, 1.82) is 0 Å². The van der Waals surface area contributed by atoms with E-state index < -0.39 is 75.5 Å². The smallest absolute Gasteiger partial charge is 0.366 e. The fourth-order valence-corrected chi connectivity index (χ4v) is 3.95. The van der Waals surface area contributed by atoms with Gasteiger partial charge in [0.25, 0.3) is 5.91 Å². The Balaban J connectivity index is 2.11. The molecule has 2 heterocycles. The minimum absolute atomic E-state index is 0.0627. The Bertz CT molecular complexity index is 1560. The van der Waals surface area contributed by atoms with E-state index in [2.05, 4.69) is 10.1 Å². The van der Waals surface area contributed by atoms with E-state index in [-0.39, 0.29) is 16.8 Å². The molecule has 0 aliphatic rings. The molecule has 4 N–H and O–H groups in total. The van der Waals surface area contributed by atoms with Crippen LogP contribution >= 0.6 is 0 Å². The number of nitrogens with zero attached hydrogens (tertiary/aromatic N) is 3. The summed E-state index contributed by atoms with van der Waals surface area (Å²) in [4.78, 5) is 28.6. The van der Waals surface area contributed by atoms with Crippen LogP contribution < -0.4 is 11.5 Å². The number of carbonyl (C=O) groups excluding carboxylic acids is 2. The molecule has 186 valence electrons. The zero-order chi connectivity index (χ0) is 26.5. The third kappa shape index (κ3) is 4.12. The number of halogens is 6. The van der Waals surface area contributed by atoms with Gasteiger partial charge in [0, 0.05) is 22.2 Å². The average Bonchev–Trinajstić information content (AvgIpc) is 3.11. The van der Waals surface area contributed by atoms with Crippen LogP contribution in [-0.4, -0.2) is 26.6 Å². The molecule has 13 heteroatoms. The minimum atomic E-state index is -5.13. The van der Waals surface area contributed by atoms with E-state index in [4.69, 9.17) is 11.5 Å². The van der Waals surface area contributed by atoms with Gasteiger partial charge in [-0.1, -0.05) is 12.1 Å². The van der Waals surface area contributed by atoms with E-state index in [0.29, 0.717) is 0 Å². The number of amides is 2. The molecule has 0 unspecified atom stereocenters. The number of nitrogens with two attached hydrogens (primary N) is 2. The highest BCUT2D eigenvalue weighted by atomic mass is 19.4. The predicted octanol–water partition coefficient (Wildman–Crippen LogP) is 4.09. The van der Waals surface area contributed by atoms with Crippen molar-refractivity contribution >= 4 is 22.7 Å². The summed E-state index contributed by atoms with van der Waals surface area (Å²) in [6.45, 7) is 0.734. The molecule has 7 nitrogen and oxygen atoms in total. The molecule has 0 spiro atoms. The van der Waals surface area contributed by atoms with Gasteiger partial charge >= 0.3 is 6.18 Å². The van der Waals surface area contributed by atoms with Crippen LogP contribution in [0.15, 0.2) is 36.4 Å². The second-order valence-electron chi connectivity index (χ2n) is 7.79. The molecule has 2 amide bonds. The lowest BCUT2D eigenvalue weighted by atomic mass is 9.91. The maximum atomic E-state index is 14.8. The molecule has 0 aliphatic heterocycles. The topological polar surface area (TPSA) is 117 Å². The van der Waals surface area contributed by atoms with Crippen molar-refractivity contribution in [2.75, 3.05) is 0 Å². The van der Waals surface area contributed by atoms with Crippen LogP contribution in [0, 0.1) is 24.4 Å². The van der Waals surface area contributed by atoms with Crippen LogP contribution in [0.25, 0.3) is 22.0 Å². The molecular weight excluding hydrogens is 492 g/mol. The summed E-state index contributed by atoms with van der Waals surface area (Å²) < 4.78 is 84.9. The third-order valence-corrected chi connectivity index (χ3v) is 5.48. The Kier molecular flexibility index (Phi) is 5.94. The van der Waals surface area contributed by atoms with Gasteiger partial charge in [0.15, 0.2) is 17.3 Å². The Hall–Kier alpha value is -4.42. The molecule has 0 fully saturated rings. The maximum Gasteiger partial charge on any atom is 0.435 e. The van der Waals surface area contributed by atoms with Crippen LogP contribution in [-0.2, 0) is 12.7 Å². The molecule has 0 saturated carbocycles. The van der Waals surface area contributed by atoms with Crippen LogP contribution in [0.1, 0.15) is 37.8 Å². The summed E-state index contributed by atoms with van der Waals surface area (Å²) in [6.07, 6.45) is -5.13. The van der Waals surface area contributed by atoms with Crippen molar-refractivity contribution in [3.05, 3.63) is 82.1 Å². The van der Waals surface area contributed by atoms with Gasteiger partial charge in [0.1, 0.15) is 11.5 Å². The number of hydrogen-bond donors (Lipinski definition) is 2. The summed E-state index contributed by atoms with van der Waals surface area (Å²) in [6, 6.07) is 6.09. The lowest BCUT2D eigenvalue weighted by molar-refractivity contribution is -0.141. The third-order valence-electron chi connectivity index (χ3n) is 5.48. The van der Waals surface area contributed by atoms with Crippen LogP contribution in [0.3, 0.4) is 0 Å². The van der Waals surface area contributed by atoms with E-state index in [0.717, 1.165) is 28.9 Å². The fourth-order valence-electron chi connectivity index (χ4n) is 3.95. The van der Waals surface area contributed by atoms with Gasteiger partial charge in [0.2, 0.25) is 5.91 Å². The lowest BCUT2D eigenvalue weighted by Crippen LogP contribution is -2.22. The summed E-state index contributed by atoms with van der Waals surface area (Å²) in [5.41, 5.74) is 5.83. The van der Waals surface area contributed by atoms with Crippen LogP contribution in [0.4, 0.5) is 26.3 Å². The van der Waals surface area contributed by atoms with Gasteiger partial charge in [-0.15, -0.1) is 0 Å². The predicted molar refractivity (Wildman–Crippen MR) is 115 cm³/mol. The number of pyridine rings is 1. The van der Waals surface area contributed by atoms with E-state index >= 15 is 0 Å². The number of hydrogen-bond acceptors (Lipinski definition) is 4. The molecule has 4 rings (SSSR count). The molecule has 2 aromatic carbocycles. The summed E-state index contributed by atoms with van der Waals surface area (Å²) in [7, 11) is 0. The molecule has 36 heavy (non-hydrogen) atoms. The van der Waals surface area contributed by atoms with Crippen molar-refractivity contribution in [3.63, 3.8) is 0 Å². The van der Waals surface area contributed by atoms with E-state index in [1.165, 1.54) is 19.1 Å². The van der Waals surface area contributed by atoms with Crippen LogP contribution in [0.5, 0.6) is 0 Å². The van der Waals surface area contributed by atoms with Gasteiger partial charge < -0.3 is 11.5 Å². The number of primary amides is 2. The first kappa shape index (κ1) is 24.7. The van der Waals surface area contributed by atoms with E-state index in [1.54, 1.807) is 0 Å². The molecule has 0 radical (unpaired) electrons. The Labute approximate surface area is 198 Å². The number of alkyl halides is 3. The van der Waals surface area contributed by atoms with Crippen molar-refractivity contribution in [2.24, 2.45) is 11.5 Å². The molecular formula is C23H15F6N5O2. The number of benzene rings is 2. The Morgan fingerprint density at radius 1 is 0.944 bits per heavy atom. The minimum Gasteiger partial charge on any atom is -0.366 e. The summed E-state index contributed by atoms with van der Waals surface area (Å²) in [5, 5.41) is 3.05. The van der Waals surface area contributed by atoms with Gasteiger partial charge in [0.05, 0.1) is 17.6 Å². The van der Waals surface area contributed by atoms with Crippen molar-refractivity contribution in [3.8, 4) is 11.1 Å². The highest BCUT2D eigenvalue weighted by Gasteiger charge is 2.41. The second kappa shape index (κ2) is 8.66. The first-order valence-corrected chi connectivity index (χ1v) is 10.1. The van der Waals surface area contributed by atoms with E-state index in [9.17, 15) is 35.9 Å². The zero-order valence-corrected chi connectivity index (χ0v) is 18.3. The summed E-state index contributed by atoms with van der Waals surface area (Å²) in [5.74, 6) is -6.05. The first-order valence-electron chi connectivity index (χ1n) is 10.1. The largest absolute Gasteiger partial charge is 0.435 e. The highest BCUT2D eigenvalue weighted by molar-refractivity contribution is 6.15. The number of fused-ring (bicyclic) bond motifs is 1. The Morgan fingerprint density at radius 3 is 2.22 bits per heavy atom. The van der Waals surface area contributed by atoms with Crippen molar-refractivity contribution in [1.82, 2.24) is 14.8 Å². The Morgan fingerprint density at radius 2 is 1.64 bits per heavy atom. The quantitative estimate of drug-likeness (QED) is 0.396. The van der Waals surface area contributed by atoms with E-state index in [1.807, 2.05) is 0 Å². The highest BCUT2D eigenvalue weighted by Crippen LogP contribution is 2.42. The van der Waals surface area contributed by atoms with Crippen molar-refractivity contribution < 1.29 is 35.9 Å². The molecule has 0 saturated heterocycles. The zero-order valence-electron chi connectivity index (χ0n) is 18.3. The fraction of sp³-hybridized carbons (Fsp3) is 0.130. The number of aromatic nitrogens is 3. The molecule has 0 bridgehead atoms. The first-order chi connectivity index (χ1) is 16.8. The molecule has 0 aliphatic carbocycles. The summed E-state index contributed by atoms with van der Waals surface area (Å²) >= 11 is 0. The molecule has 4 aromatic rings. The SMILES string of the molecule is Cc1c(-c2c(C(N)=O)nc3cccc(F)c3c2C(N)=O)c(C(F)(F)F)nn1Cc1ccc(F)c(F)c1. The standard InChI is InChI=1S/C23H15F6N5O2/c1-9-15(20(23(27,28)29)33-34(9)8-10-5-6-11(24)13(26)7-10)17-18(21(30)35)16-12(25)3-2-4-14(16)32-19(17)22(31)36/h2-7H,8H2,1H3,(H2,30,35)(H2,31,36). The second-order valence-corrected chi connectivity index (χ2v) is 7.79. The van der Waals surface area contributed by atoms with Gasteiger partial charge in [-0.05, 0) is 36.8 Å². The molecule has 2 aromatic heterocycles. The number of rotatable bonds is 5. The monoisotopic (exact) mass is 507 g/mol. The maximum absolute atomic E-state index is 14.8. The van der Waals surface area contributed by atoms with Crippen molar-refractivity contribution in [2.45, 2.75) is 19.6 Å². The van der Waals surface area contributed by atoms with Gasteiger partial charge in [-0.3, -0.25) is 14.3 Å². The normalized spacial score (nSPS) is 11.8. The van der Waals surface area contributed by atoms with Gasteiger partial charge in [-0.2, -0.15) is 18.3 Å². The van der Waals surface area contributed by atoms with Crippen LogP contribution in [0.2, 0.25) is 0 Å². The number of carbonyl (C=O) groups is 2.